The first-order valence-electron chi connectivity index (χ1n) is 11.6. The molecule has 0 bridgehead atoms. The predicted octanol–water partition coefficient (Wildman–Crippen LogP) is 6.90. The van der Waals surface area contributed by atoms with Gasteiger partial charge in [0.15, 0.2) is 16.6 Å². The average molecular weight is 441 g/mol. The van der Waals surface area contributed by atoms with E-state index in [4.69, 9.17) is 8.85 Å². The molecule has 0 spiro atoms. The monoisotopic (exact) mass is 440 g/mol. The Morgan fingerprint density at radius 1 is 1.03 bits per heavy atom. The number of hydrogen-bond donors (Lipinski definition) is 1. The Kier molecular flexibility index (Phi) is 7.15. The molecule has 170 valence electrons. The second-order valence-corrected chi connectivity index (χ2v) is 22.4. The number of hydrogen-bond acceptors (Lipinski definition) is 3. The van der Waals surface area contributed by atoms with Crippen LogP contribution in [0.1, 0.15) is 74.1 Å². The molecule has 2 aliphatic rings. The van der Waals surface area contributed by atoms with E-state index in [-0.39, 0.29) is 27.7 Å². The first-order chi connectivity index (χ1) is 12.9. The SMILES string of the molecule is CC(C)(C)[Si](C)(C)OC/C=C1/[C@H](O)CC2[C@@H](O[Si](C)(C)C(C)(C)C)CCC[C@]12C. The van der Waals surface area contributed by atoms with Gasteiger partial charge in [-0.15, -0.1) is 0 Å². The molecule has 0 amide bonds. The van der Waals surface area contributed by atoms with E-state index in [2.05, 4.69) is 80.7 Å². The minimum atomic E-state index is -1.82. The van der Waals surface area contributed by atoms with Crippen molar-refractivity contribution in [3.63, 3.8) is 0 Å². The summed E-state index contributed by atoms with van der Waals surface area (Å²) in [6, 6.07) is 0. The summed E-state index contributed by atoms with van der Waals surface area (Å²) in [6.07, 6.45) is 6.44. The maximum atomic E-state index is 11.0. The third-order valence-corrected chi connectivity index (χ3v) is 17.8. The standard InChI is InChI=1S/C24H48O3Si2/c1-22(2,3)28(8,9)26-16-14-18-20(25)17-19-21(13-12-15-24(18,19)7)27-29(10,11)23(4,5)6/h14,19-21,25H,12-13,15-17H2,1-11H3/b18-14-/t19?,20-,21+,24-/m1/s1. The molecule has 1 unspecified atom stereocenters. The maximum Gasteiger partial charge on any atom is 0.192 e. The predicted molar refractivity (Wildman–Crippen MR) is 129 cm³/mol. The second-order valence-electron chi connectivity index (χ2n) is 12.8. The van der Waals surface area contributed by atoms with Gasteiger partial charge in [-0.1, -0.05) is 61.0 Å². The van der Waals surface area contributed by atoms with E-state index in [0.717, 1.165) is 19.3 Å². The summed E-state index contributed by atoms with van der Waals surface area (Å²) in [5.74, 6) is 0.416. The zero-order valence-corrected chi connectivity index (χ0v) is 23.1. The lowest BCUT2D eigenvalue weighted by atomic mass is 9.66. The molecule has 0 aromatic heterocycles. The second kappa shape index (κ2) is 8.20. The van der Waals surface area contributed by atoms with E-state index < -0.39 is 16.6 Å². The maximum absolute atomic E-state index is 11.0. The Morgan fingerprint density at radius 3 is 2.10 bits per heavy atom. The van der Waals surface area contributed by atoms with Crippen LogP contribution >= 0.6 is 0 Å². The molecule has 2 aliphatic carbocycles. The average Bonchev–Trinajstić information content (AvgIpc) is 2.77. The lowest BCUT2D eigenvalue weighted by molar-refractivity contribution is 0.0208. The molecule has 4 atom stereocenters. The number of aliphatic hydroxyl groups excluding tert-OH is 1. The van der Waals surface area contributed by atoms with Crippen molar-refractivity contribution in [2.45, 2.75) is 123 Å². The van der Waals surface area contributed by atoms with Crippen LogP contribution in [0.4, 0.5) is 0 Å². The summed E-state index contributed by atoms with van der Waals surface area (Å²) in [6.45, 7) is 26.1. The molecule has 0 aliphatic heterocycles. The van der Waals surface area contributed by atoms with Gasteiger partial charge in [-0.2, -0.15) is 0 Å². The van der Waals surface area contributed by atoms with E-state index in [1.807, 2.05) is 0 Å². The van der Waals surface area contributed by atoms with Crippen LogP contribution in [0.2, 0.25) is 36.3 Å². The molecule has 3 nitrogen and oxygen atoms in total. The van der Waals surface area contributed by atoms with E-state index in [1.54, 1.807) is 0 Å². The summed E-state index contributed by atoms with van der Waals surface area (Å²) in [4.78, 5) is 0. The summed E-state index contributed by atoms with van der Waals surface area (Å²) in [5, 5.41) is 11.4. The van der Waals surface area contributed by atoms with Gasteiger partial charge in [0.05, 0.1) is 12.7 Å². The Bertz CT molecular complexity index is 613. The van der Waals surface area contributed by atoms with Crippen LogP contribution in [0.15, 0.2) is 11.6 Å². The minimum absolute atomic E-state index is 0.0431. The van der Waals surface area contributed by atoms with Crippen molar-refractivity contribution in [2.75, 3.05) is 6.61 Å². The molecule has 0 aromatic carbocycles. The first-order valence-corrected chi connectivity index (χ1v) is 17.4. The Labute approximate surface area is 182 Å². The van der Waals surface area contributed by atoms with Crippen LogP contribution in [0.3, 0.4) is 0 Å². The summed E-state index contributed by atoms with van der Waals surface area (Å²) in [7, 11) is -3.60. The van der Waals surface area contributed by atoms with Crippen LogP contribution in [-0.4, -0.2) is 40.6 Å². The van der Waals surface area contributed by atoms with E-state index in [9.17, 15) is 5.11 Å². The first kappa shape index (κ1) is 25.3. The zero-order chi connectivity index (χ0) is 22.5. The molecule has 2 fully saturated rings. The van der Waals surface area contributed by atoms with Gasteiger partial charge in [0.1, 0.15) is 0 Å². The minimum Gasteiger partial charge on any atom is -0.414 e. The number of rotatable bonds is 5. The van der Waals surface area contributed by atoms with Gasteiger partial charge in [0.2, 0.25) is 0 Å². The van der Waals surface area contributed by atoms with Gasteiger partial charge >= 0.3 is 0 Å². The van der Waals surface area contributed by atoms with Crippen LogP contribution < -0.4 is 0 Å². The molecule has 2 saturated carbocycles. The largest absolute Gasteiger partial charge is 0.414 e. The molecule has 0 heterocycles. The van der Waals surface area contributed by atoms with Gasteiger partial charge < -0.3 is 14.0 Å². The number of fused-ring (bicyclic) bond motifs is 1. The molecule has 29 heavy (non-hydrogen) atoms. The summed E-state index contributed by atoms with van der Waals surface area (Å²) < 4.78 is 13.3. The fraction of sp³-hybridized carbons (Fsp3) is 0.917. The fourth-order valence-corrected chi connectivity index (χ4v) is 6.93. The van der Waals surface area contributed by atoms with Gasteiger partial charge in [-0.3, -0.25) is 0 Å². The molecular formula is C24H48O3Si2. The molecule has 0 radical (unpaired) electrons. The van der Waals surface area contributed by atoms with Crippen LogP contribution in [0.25, 0.3) is 0 Å². The quantitative estimate of drug-likeness (QED) is 0.373. The third-order valence-electron chi connectivity index (χ3n) is 8.75. The van der Waals surface area contributed by atoms with E-state index in [0.29, 0.717) is 12.5 Å². The summed E-state index contributed by atoms with van der Waals surface area (Å²) in [5.41, 5.74) is 1.26. The highest BCUT2D eigenvalue weighted by Gasteiger charge is 2.54. The molecule has 2 rings (SSSR count). The van der Waals surface area contributed by atoms with Crippen molar-refractivity contribution in [1.29, 1.82) is 0 Å². The molecule has 0 saturated heterocycles. The Morgan fingerprint density at radius 2 is 1.59 bits per heavy atom. The molecule has 5 heteroatoms. The molecule has 1 N–H and O–H groups in total. The van der Waals surface area contributed by atoms with Gasteiger partial charge in [0.25, 0.3) is 0 Å². The van der Waals surface area contributed by atoms with Crippen molar-refractivity contribution in [3.8, 4) is 0 Å². The highest BCUT2D eigenvalue weighted by molar-refractivity contribution is 6.74. The molecule has 0 aromatic rings. The van der Waals surface area contributed by atoms with Gasteiger partial charge in [-0.25, -0.2) is 0 Å². The topological polar surface area (TPSA) is 38.7 Å². The van der Waals surface area contributed by atoms with Crippen molar-refractivity contribution in [2.24, 2.45) is 11.3 Å². The third kappa shape index (κ3) is 5.11. The number of aliphatic hydroxyl groups is 1. The Hall–Kier alpha value is 0.0538. The van der Waals surface area contributed by atoms with Crippen LogP contribution in [0, 0.1) is 11.3 Å². The highest BCUT2D eigenvalue weighted by atomic mass is 28.4. The lowest BCUT2D eigenvalue weighted by Crippen LogP contribution is -2.49. The van der Waals surface area contributed by atoms with Crippen LogP contribution in [-0.2, 0) is 8.85 Å². The highest BCUT2D eigenvalue weighted by Crippen LogP contribution is 2.57. The smallest absolute Gasteiger partial charge is 0.192 e. The van der Waals surface area contributed by atoms with Crippen molar-refractivity contribution >= 4 is 16.6 Å². The summed E-state index contributed by atoms with van der Waals surface area (Å²) >= 11 is 0. The normalized spacial score (nSPS) is 33.2. The van der Waals surface area contributed by atoms with Crippen LogP contribution in [0.5, 0.6) is 0 Å². The Balaban J connectivity index is 2.19. The molecular weight excluding hydrogens is 392 g/mol. The van der Waals surface area contributed by atoms with E-state index >= 15 is 0 Å². The van der Waals surface area contributed by atoms with Gasteiger partial charge in [0, 0.05) is 6.10 Å². The lowest BCUT2D eigenvalue weighted by Gasteiger charge is -2.47. The van der Waals surface area contributed by atoms with Crippen molar-refractivity contribution < 1.29 is 14.0 Å². The zero-order valence-electron chi connectivity index (χ0n) is 21.1. The van der Waals surface area contributed by atoms with Gasteiger partial charge in [-0.05, 0) is 72.4 Å². The van der Waals surface area contributed by atoms with E-state index in [1.165, 1.54) is 12.0 Å². The van der Waals surface area contributed by atoms with Crippen molar-refractivity contribution in [1.82, 2.24) is 0 Å². The van der Waals surface area contributed by atoms with Crippen molar-refractivity contribution in [3.05, 3.63) is 11.6 Å². The fourth-order valence-electron chi connectivity index (χ4n) is 4.61.